The van der Waals surface area contributed by atoms with Gasteiger partial charge in [0.1, 0.15) is 5.75 Å². The van der Waals surface area contributed by atoms with Gasteiger partial charge in [0.2, 0.25) is 5.91 Å². The molecular weight excluding hydrogens is 228 g/mol. The van der Waals surface area contributed by atoms with Crippen LogP contribution >= 0.6 is 0 Å². The smallest absolute Gasteiger partial charge is 0.227 e. The summed E-state index contributed by atoms with van der Waals surface area (Å²) in [5.74, 6) is 0.659. The van der Waals surface area contributed by atoms with Gasteiger partial charge in [-0.05, 0) is 25.3 Å². The first kappa shape index (κ1) is 12.9. The quantitative estimate of drug-likeness (QED) is 0.842. The molecule has 0 spiro atoms. The van der Waals surface area contributed by atoms with E-state index in [2.05, 4.69) is 0 Å². The van der Waals surface area contributed by atoms with Crippen LogP contribution in [0, 0.1) is 5.92 Å². The number of para-hydroxylation sites is 1. The van der Waals surface area contributed by atoms with E-state index >= 15 is 0 Å². The molecule has 2 rings (SSSR count). The van der Waals surface area contributed by atoms with Crippen molar-refractivity contribution in [2.24, 2.45) is 11.7 Å². The summed E-state index contributed by atoms with van der Waals surface area (Å²) < 4.78 is 0. The molecule has 98 valence electrons. The molecule has 4 heteroatoms. The molecule has 18 heavy (non-hydrogen) atoms. The highest BCUT2D eigenvalue weighted by molar-refractivity contribution is 5.79. The number of rotatable bonds is 3. The summed E-state index contributed by atoms with van der Waals surface area (Å²) in [5, 5.41) is 9.65. The van der Waals surface area contributed by atoms with Gasteiger partial charge in [-0.15, -0.1) is 0 Å². The van der Waals surface area contributed by atoms with Gasteiger partial charge in [-0.25, -0.2) is 0 Å². The van der Waals surface area contributed by atoms with Crippen LogP contribution in [0.3, 0.4) is 0 Å². The highest BCUT2D eigenvalue weighted by atomic mass is 16.3. The van der Waals surface area contributed by atoms with Gasteiger partial charge in [0.25, 0.3) is 0 Å². The maximum atomic E-state index is 12.1. The summed E-state index contributed by atoms with van der Waals surface area (Å²) in [4.78, 5) is 14.0. The molecule has 1 amide bonds. The van der Waals surface area contributed by atoms with Crippen molar-refractivity contribution < 1.29 is 9.90 Å². The van der Waals surface area contributed by atoms with Crippen molar-refractivity contribution in [3.05, 3.63) is 29.8 Å². The van der Waals surface area contributed by atoms with Gasteiger partial charge in [0, 0.05) is 24.7 Å². The van der Waals surface area contributed by atoms with Crippen molar-refractivity contribution in [2.75, 3.05) is 13.1 Å². The van der Waals surface area contributed by atoms with Crippen LogP contribution in [-0.2, 0) is 11.2 Å². The second-order valence-electron chi connectivity index (χ2n) is 5.05. The Morgan fingerprint density at radius 3 is 2.89 bits per heavy atom. The van der Waals surface area contributed by atoms with Crippen LogP contribution in [0.4, 0.5) is 0 Å². The molecule has 1 fully saturated rings. The number of likely N-dealkylation sites (tertiary alicyclic amines) is 1. The third kappa shape index (κ3) is 2.82. The molecule has 2 unspecified atom stereocenters. The molecule has 0 bridgehead atoms. The molecule has 1 aliphatic heterocycles. The molecule has 0 saturated carbocycles. The molecular formula is C14H20N2O2. The van der Waals surface area contributed by atoms with E-state index < -0.39 is 0 Å². The first-order chi connectivity index (χ1) is 8.58. The monoisotopic (exact) mass is 248 g/mol. The zero-order chi connectivity index (χ0) is 13.1. The first-order valence-corrected chi connectivity index (χ1v) is 6.38. The highest BCUT2D eigenvalue weighted by Gasteiger charge is 2.28. The van der Waals surface area contributed by atoms with Gasteiger partial charge < -0.3 is 15.7 Å². The second-order valence-corrected chi connectivity index (χ2v) is 5.05. The summed E-state index contributed by atoms with van der Waals surface area (Å²) in [5.41, 5.74) is 6.55. The Hall–Kier alpha value is -1.55. The fourth-order valence-electron chi connectivity index (χ4n) is 2.38. The molecule has 2 atom stereocenters. The average molecular weight is 248 g/mol. The standard InChI is InChI=1S/C14H20N2O2/c1-10(15)12-6-7-16(9-12)14(18)8-11-4-2-3-5-13(11)17/h2-5,10,12,17H,6-9,15H2,1H3. The fraction of sp³-hybridized carbons (Fsp3) is 0.500. The maximum Gasteiger partial charge on any atom is 0.227 e. The van der Waals surface area contributed by atoms with Gasteiger partial charge in [-0.1, -0.05) is 18.2 Å². The minimum Gasteiger partial charge on any atom is -0.508 e. The number of benzene rings is 1. The summed E-state index contributed by atoms with van der Waals surface area (Å²) >= 11 is 0. The summed E-state index contributed by atoms with van der Waals surface area (Å²) in [7, 11) is 0. The lowest BCUT2D eigenvalue weighted by molar-refractivity contribution is -0.129. The number of hydrogen-bond acceptors (Lipinski definition) is 3. The van der Waals surface area contributed by atoms with E-state index in [1.807, 2.05) is 17.9 Å². The van der Waals surface area contributed by atoms with E-state index in [4.69, 9.17) is 5.73 Å². The predicted octanol–water partition coefficient (Wildman–Crippen LogP) is 1.13. The maximum absolute atomic E-state index is 12.1. The van der Waals surface area contributed by atoms with Gasteiger partial charge >= 0.3 is 0 Å². The van der Waals surface area contributed by atoms with Crippen molar-refractivity contribution in [3.63, 3.8) is 0 Å². The van der Waals surface area contributed by atoms with E-state index in [9.17, 15) is 9.90 Å². The van der Waals surface area contributed by atoms with Gasteiger partial charge in [0.15, 0.2) is 0 Å². The number of aromatic hydroxyl groups is 1. The minimum absolute atomic E-state index is 0.0691. The molecule has 1 aliphatic rings. The lowest BCUT2D eigenvalue weighted by Crippen LogP contribution is -2.33. The SMILES string of the molecule is CC(N)C1CCN(C(=O)Cc2ccccc2O)C1. The molecule has 4 nitrogen and oxygen atoms in total. The van der Waals surface area contributed by atoms with Crippen LogP contribution in [0.15, 0.2) is 24.3 Å². The molecule has 3 N–H and O–H groups in total. The Morgan fingerprint density at radius 1 is 1.56 bits per heavy atom. The van der Waals surface area contributed by atoms with E-state index in [-0.39, 0.29) is 24.1 Å². The molecule has 0 aromatic heterocycles. The molecule has 0 aliphatic carbocycles. The normalized spacial score (nSPS) is 21.0. The van der Waals surface area contributed by atoms with Crippen LogP contribution in [0.25, 0.3) is 0 Å². The van der Waals surface area contributed by atoms with Crippen molar-refractivity contribution in [1.82, 2.24) is 4.90 Å². The Kier molecular flexibility index (Phi) is 3.87. The number of carbonyl (C=O) groups excluding carboxylic acids is 1. The number of amides is 1. The van der Waals surface area contributed by atoms with E-state index in [0.717, 1.165) is 19.5 Å². The van der Waals surface area contributed by atoms with Crippen LogP contribution in [-0.4, -0.2) is 35.0 Å². The van der Waals surface area contributed by atoms with Crippen LogP contribution in [0.5, 0.6) is 5.75 Å². The summed E-state index contributed by atoms with van der Waals surface area (Å²) in [6.45, 7) is 3.50. The topological polar surface area (TPSA) is 66.6 Å². The molecule has 1 aromatic carbocycles. The third-order valence-electron chi connectivity index (χ3n) is 3.65. The molecule has 0 radical (unpaired) electrons. The number of phenolic OH excluding ortho intramolecular Hbond substituents is 1. The third-order valence-corrected chi connectivity index (χ3v) is 3.65. The number of nitrogens with zero attached hydrogens (tertiary/aromatic N) is 1. The predicted molar refractivity (Wildman–Crippen MR) is 70.1 cm³/mol. The van der Waals surface area contributed by atoms with Gasteiger partial charge in [0.05, 0.1) is 6.42 Å². The van der Waals surface area contributed by atoms with Crippen LogP contribution < -0.4 is 5.73 Å². The van der Waals surface area contributed by atoms with Crippen molar-refractivity contribution in [1.29, 1.82) is 0 Å². The molecule has 1 saturated heterocycles. The summed E-state index contributed by atoms with van der Waals surface area (Å²) in [6.07, 6.45) is 1.24. The Balaban J connectivity index is 1.96. The zero-order valence-corrected chi connectivity index (χ0v) is 10.7. The molecule has 1 aromatic rings. The largest absolute Gasteiger partial charge is 0.508 e. The fourth-order valence-corrected chi connectivity index (χ4v) is 2.38. The van der Waals surface area contributed by atoms with Gasteiger partial charge in [-0.3, -0.25) is 4.79 Å². The van der Waals surface area contributed by atoms with Crippen molar-refractivity contribution in [3.8, 4) is 5.75 Å². The average Bonchev–Trinajstić information content (AvgIpc) is 2.81. The van der Waals surface area contributed by atoms with Crippen molar-refractivity contribution >= 4 is 5.91 Å². The van der Waals surface area contributed by atoms with E-state index in [1.165, 1.54) is 0 Å². The number of hydrogen-bond donors (Lipinski definition) is 2. The molecule has 1 heterocycles. The Bertz CT molecular complexity index is 432. The number of carbonyl (C=O) groups is 1. The number of phenols is 1. The minimum atomic E-state index is 0.0691. The second kappa shape index (κ2) is 5.40. The zero-order valence-electron chi connectivity index (χ0n) is 10.7. The Morgan fingerprint density at radius 2 is 2.28 bits per heavy atom. The van der Waals surface area contributed by atoms with E-state index in [1.54, 1.807) is 18.2 Å². The Labute approximate surface area is 107 Å². The van der Waals surface area contributed by atoms with E-state index in [0.29, 0.717) is 11.5 Å². The van der Waals surface area contributed by atoms with Gasteiger partial charge in [-0.2, -0.15) is 0 Å². The number of nitrogens with two attached hydrogens (primary N) is 1. The highest BCUT2D eigenvalue weighted by Crippen LogP contribution is 2.21. The van der Waals surface area contributed by atoms with Crippen molar-refractivity contribution in [2.45, 2.75) is 25.8 Å². The summed E-state index contributed by atoms with van der Waals surface area (Å²) in [6, 6.07) is 7.11. The lowest BCUT2D eigenvalue weighted by Gasteiger charge is -2.18. The van der Waals surface area contributed by atoms with Crippen LogP contribution in [0.1, 0.15) is 18.9 Å². The lowest BCUT2D eigenvalue weighted by atomic mass is 10.0. The van der Waals surface area contributed by atoms with Crippen LogP contribution in [0.2, 0.25) is 0 Å². The first-order valence-electron chi connectivity index (χ1n) is 6.38.